The van der Waals surface area contributed by atoms with Crippen LogP contribution < -0.4 is 5.73 Å². The molecule has 17 heavy (non-hydrogen) atoms. The van der Waals surface area contributed by atoms with Crippen LogP contribution in [0.5, 0.6) is 0 Å². The standard InChI is InChI=1S/C13H15BrN2S/c14-13-4-2-1-3-11(13)5-10(7-15)6-12-8-17-9-16-12/h1-4,8-10H,5-7,15H2. The molecule has 1 aromatic heterocycles. The molecule has 0 bridgehead atoms. The lowest BCUT2D eigenvalue weighted by molar-refractivity contribution is 0.527. The highest BCUT2D eigenvalue weighted by molar-refractivity contribution is 9.10. The van der Waals surface area contributed by atoms with Crippen molar-refractivity contribution in [1.82, 2.24) is 4.98 Å². The molecule has 2 rings (SSSR count). The van der Waals surface area contributed by atoms with Gasteiger partial charge in [-0.2, -0.15) is 0 Å². The predicted octanol–water partition coefficient (Wildman–Crippen LogP) is 3.27. The molecule has 1 aromatic carbocycles. The molecule has 4 heteroatoms. The minimum absolute atomic E-state index is 0.454. The lowest BCUT2D eigenvalue weighted by Crippen LogP contribution is -2.19. The smallest absolute Gasteiger partial charge is 0.0794 e. The fraction of sp³-hybridized carbons (Fsp3) is 0.308. The van der Waals surface area contributed by atoms with Crippen molar-refractivity contribution in [2.75, 3.05) is 6.54 Å². The van der Waals surface area contributed by atoms with Gasteiger partial charge in [-0.3, -0.25) is 0 Å². The van der Waals surface area contributed by atoms with Crippen molar-refractivity contribution >= 4 is 27.3 Å². The maximum atomic E-state index is 5.85. The molecule has 90 valence electrons. The SMILES string of the molecule is NCC(Cc1cscn1)Cc1ccccc1Br. The fourth-order valence-electron chi connectivity index (χ4n) is 1.85. The molecule has 0 spiro atoms. The van der Waals surface area contributed by atoms with Crippen LogP contribution in [-0.4, -0.2) is 11.5 Å². The number of rotatable bonds is 5. The van der Waals surface area contributed by atoms with Gasteiger partial charge in [-0.15, -0.1) is 11.3 Å². The zero-order chi connectivity index (χ0) is 12.1. The number of benzene rings is 1. The second-order valence-corrected chi connectivity index (χ2v) is 5.65. The molecule has 0 saturated carbocycles. The van der Waals surface area contributed by atoms with Gasteiger partial charge in [-0.05, 0) is 36.9 Å². The zero-order valence-electron chi connectivity index (χ0n) is 9.47. The summed E-state index contributed by atoms with van der Waals surface area (Å²) in [7, 11) is 0. The van der Waals surface area contributed by atoms with Crippen LogP contribution in [0.3, 0.4) is 0 Å². The first-order valence-corrected chi connectivity index (χ1v) is 7.33. The molecule has 0 amide bonds. The van der Waals surface area contributed by atoms with Crippen LogP contribution in [0.25, 0.3) is 0 Å². The summed E-state index contributed by atoms with van der Waals surface area (Å²) in [5.41, 5.74) is 10.2. The Kier molecular flexibility index (Phi) is 4.71. The molecule has 1 unspecified atom stereocenters. The van der Waals surface area contributed by atoms with E-state index in [4.69, 9.17) is 5.73 Å². The van der Waals surface area contributed by atoms with Gasteiger partial charge in [0.2, 0.25) is 0 Å². The second kappa shape index (κ2) is 6.28. The highest BCUT2D eigenvalue weighted by Crippen LogP contribution is 2.21. The Morgan fingerprint density at radius 3 is 2.76 bits per heavy atom. The number of halogens is 1. The molecule has 0 radical (unpaired) electrons. The molecule has 0 aliphatic rings. The summed E-state index contributed by atoms with van der Waals surface area (Å²) in [6.07, 6.45) is 1.96. The number of nitrogens with two attached hydrogens (primary N) is 1. The third-order valence-electron chi connectivity index (χ3n) is 2.78. The Morgan fingerprint density at radius 1 is 1.29 bits per heavy atom. The van der Waals surface area contributed by atoms with Crippen LogP contribution in [0.4, 0.5) is 0 Å². The zero-order valence-corrected chi connectivity index (χ0v) is 11.9. The quantitative estimate of drug-likeness (QED) is 0.920. The Bertz CT molecular complexity index is 456. The van der Waals surface area contributed by atoms with Crippen LogP contribution >= 0.6 is 27.3 Å². The van der Waals surface area contributed by atoms with E-state index in [1.54, 1.807) is 11.3 Å². The molecule has 0 saturated heterocycles. The summed E-state index contributed by atoms with van der Waals surface area (Å²) in [5.74, 6) is 0.454. The molecule has 1 atom stereocenters. The summed E-state index contributed by atoms with van der Waals surface area (Å²) in [5, 5.41) is 2.10. The van der Waals surface area contributed by atoms with Crippen molar-refractivity contribution in [3.63, 3.8) is 0 Å². The molecular weight excluding hydrogens is 296 g/mol. The number of aromatic nitrogens is 1. The number of thiazole rings is 1. The van der Waals surface area contributed by atoms with Crippen molar-refractivity contribution in [1.29, 1.82) is 0 Å². The Labute approximate surface area is 114 Å². The summed E-state index contributed by atoms with van der Waals surface area (Å²) < 4.78 is 1.16. The number of nitrogens with zero attached hydrogens (tertiary/aromatic N) is 1. The van der Waals surface area contributed by atoms with Gasteiger partial charge in [0, 0.05) is 9.85 Å². The van der Waals surface area contributed by atoms with Crippen LogP contribution in [0.15, 0.2) is 39.6 Å². The van der Waals surface area contributed by atoms with Crippen molar-refractivity contribution in [2.45, 2.75) is 12.8 Å². The number of hydrogen-bond donors (Lipinski definition) is 1. The maximum absolute atomic E-state index is 5.85. The van der Waals surface area contributed by atoms with E-state index in [-0.39, 0.29) is 0 Å². The molecular formula is C13H15BrN2S. The minimum atomic E-state index is 0.454. The first kappa shape index (κ1) is 12.7. The lowest BCUT2D eigenvalue weighted by Gasteiger charge is -2.14. The summed E-state index contributed by atoms with van der Waals surface area (Å²) in [6.45, 7) is 0.693. The second-order valence-electron chi connectivity index (χ2n) is 4.08. The van der Waals surface area contributed by atoms with E-state index in [2.05, 4.69) is 44.5 Å². The minimum Gasteiger partial charge on any atom is -0.330 e. The van der Waals surface area contributed by atoms with E-state index in [1.165, 1.54) is 5.56 Å². The Morgan fingerprint density at radius 2 is 2.12 bits per heavy atom. The van der Waals surface area contributed by atoms with Gasteiger partial charge in [0.15, 0.2) is 0 Å². The molecule has 0 aliphatic heterocycles. The van der Waals surface area contributed by atoms with E-state index >= 15 is 0 Å². The van der Waals surface area contributed by atoms with E-state index in [9.17, 15) is 0 Å². The van der Waals surface area contributed by atoms with E-state index < -0.39 is 0 Å². The fourth-order valence-corrected chi connectivity index (χ4v) is 2.87. The largest absolute Gasteiger partial charge is 0.330 e. The van der Waals surface area contributed by atoms with E-state index in [0.717, 1.165) is 23.0 Å². The van der Waals surface area contributed by atoms with Gasteiger partial charge in [0.05, 0.1) is 11.2 Å². The third kappa shape index (κ3) is 3.63. The highest BCUT2D eigenvalue weighted by atomic mass is 79.9. The number of hydrogen-bond acceptors (Lipinski definition) is 3. The lowest BCUT2D eigenvalue weighted by atomic mass is 9.95. The van der Waals surface area contributed by atoms with Gasteiger partial charge in [0.25, 0.3) is 0 Å². The first-order chi connectivity index (χ1) is 8.29. The molecule has 2 nitrogen and oxygen atoms in total. The van der Waals surface area contributed by atoms with Gasteiger partial charge < -0.3 is 5.73 Å². The predicted molar refractivity (Wildman–Crippen MR) is 76.2 cm³/mol. The van der Waals surface area contributed by atoms with Gasteiger partial charge in [-0.25, -0.2) is 4.98 Å². The molecule has 2 aromatic rings. The maximum Gasteiger partial charge on any atom is 0.0794 e. The molecule has 2 N–H and O–H groups in total. The van der Waals surface area contributed by atoms with Gasteiger partial charge >= 0.3 is 0 Å². The van der Waals surface area contributed by atoms with Crippen LogP contribution in [0.1, 0.15) is 11.3 Å². The third-order valence-corrected chi connectivity index (χ3v) is 4.19. The molecule has 1 heterocycles. The van der Waals surface area contributed by atoms with E-state index in [1.807, 2.05) is 11.6 Å². The van der Waals surface area contributed by atoms with Gasteiger partial charge in [0.1, 0.15) is 0 Å². The van der Waals surface area contributed by atoms with Crippen LogP contribution in [0, 0.1) is 5.92 Å². The van der Waals surface area contributed by atoms with E-state index in [0.29, 0.717) is 12.5 Å². The van der Waals surface area contributed by atoms with Crippen molar-refractivity contribution in [2.24, 2.45) is 11.7 Å². The Balaban J connectivity index is 2.03. The monoisotopic (exact) mass is 310 g/mol. The molecule has 0 aliphatic carbocycles. The Hall–Kier alpha value is -0.710. The first-order valence-electron chi connectivity index (χ1n) is 5.60. The topological polar surface area (TPSA) is 38.9 Å². The van der Waals surface area contributed by atoms with Crippen LogP contribution in [-0.2, 0) is 12.8 Å². The summed E-state index contributed by atoms with van der Waals surface area (Å²) in [6, 6.07) is 8.32. The van der Waals surface area contributed by atoms with Crippen molar-refractivity contribution < 1.29 is 0 Å². The molecule has 0 fully saturated rings. The van der Waals surface area contributed by atoms with Crippen molar-refractivity contribution in [3.05, 3.63) is 50.9 Å². The highest BCUT2D eigenvalue weighted by Gasteiger charge is 2.11. The van der Waals surface area contributed by atoms with Crippen molar-refractivity contribution in [3.8, 4) is 0 Å². The average molecular weight is 311 g/mol. The van der Waals surface area contributed by atoms with Gasteiger partial charge in [-0.1, -0.05) is 34.1 Å². The summed E-state index contributed by atoms with van der Waals surface area (Å²) >= 11 is 5.22. The normalized spacial score (nSPS) is 12.6. The summed E-state index contributed by atoms with van der Waals surface area (Å²) in [4.78, 5) is 4.32. The average Bonchev–Trinajstić information content (AvgIpc) is 2.84. The van der Waals surface area contributed by atoms with Crippen LogP contribution in [0.2, 0.25) is 0 Å².